The van der Waals surface area contributed by atoms with Gasteiger partial charge in [0.1, 0.15) is 0 Å². The Balaban J connectivity index is 1.92. The second-order valence-corrected chi connectivity index (χ2v) is 13.5. The first-order valence-corrected chi connectivity index (χ1v) is 15.4. The molecule has 1 aliphatic carbocycles. The first kappa shape index (κ1) is 27.5. The first-order valence-electron chi connectivity index (χ1n) is 12.2. The van der Waals surface area contributed by atoms with Gasteiger partial charge in [-0.2, -0.15) is 16.1 Å². The highest BCUT2D eigenvalue weighted by molar-refractivity contribution is 8.00. The fourth-order valence-corrected chi connectivity index (χ4v) is 9.16. The van der Waals surface area contributed by atoms with Crippen molar-refractivity contribution >= 4 is 51.0 Å². The van der Waals surface area contributed by atoms with E-state index < -0.39 is 39.2 Å². The maximum absolute atomic E-state index is 14.3. The van der Waals surface area contributed by atoms with E-state index in [0.717, 1.165) is 31.2 Å². The molecule has 9 heteroatoms. The molecule has 2 fully saturated rings. The number of benzene rings is 2. The van der Waals surface area contributed by atoms with Crippen LogP contribution in [-0.4, -0.2) is 40.8 Å². The van der Waals surface area contributed by atoms with E-state index in [-0.39, 0.29) is 9.92 Å². The van der Waals surface area contributed by atoms with E-state index in [0.29, 0.717) is 28.7 Å². The van der Waals surface area contributed by atoms with Gasteiger partial charge in [0.2, 0.25) is 10.0 Å². The number of hydrogen-bond donors (Lipinski definition) is 1. The fraction of sp³-hybridized carbons (Fsp3) is 0.444. The Morgan fingerprint density at radius 2 is 1.81 bits per heavy atom. The summed E-state index contributed by atoms with van der Waals surface area (Å²) < 4.78 is 30.1. The molecule has 4 rings (SSSR count). The van der Waals surface area contributed by atoms with Crippen molar-refractivity contribution in [3.05, 3.63) is 76.3 Å². The maximum Gasteiger partial charge on any atom is 0.309 e. The lowest BCUT2D eigenvalue weighted by molar-refractivity contribution is -0.142. The van der Waals surface area contributed by atoms with Gasteiger partial charge in [-0.3, -0.25) is 4.79 Å². The van der Waals surface area contributed by atoms with E-state index in [1.807, 2.05) is 6.92 Å². The Bertz CT molecular complexity index is 1210. The molecule has 1 saturated carbocycles. The second-order valence-electron chi connectivity index (χ2n) is 9.67. The zero-order valence-corrected chi connectivity index (χ0v) is 23.3. The molecule has 0 amide bonds. The molecule has 1 heterocycles. The summed E-state index contributed by atoms with van der Waals surface area (Å²) in [4.78, 5) is 13.0. The van der Waals surface area contributed by atoms with Crippen molar-refractivity contribution in [3.8, 4) is 0 Å². The molecule has 1 N–H and O–H groups in total. The van der Waals surface area contributed by atoms with Crippen LogP contribution < -0.4 is 0 Å². The molecule has 194 valence electrons. The number of nitrogens with zero attached hydrogens (tertiary/aromatic N) is 1. The van der Waals surface area contributed by atoms with Gasteiger partial charge in [-0.15, -0.1) is 6.58 Å². The summed E-state index contributed by atoms with van der Waals surface area (Å²) in [5.41, 5.74) is 1.48. The fourth-order valence-electron chi connectivity index (χ4n) is 5.63. The van der Waals surface area contributed by atoms with Crippen LogP contribution in [0.15, 0.2) is 60.0 Å². The number of aliphatic carboxylic acids is 1. The van der Waals surface area contributed by atoms with Gasteiger partial charge in [0.15, 0.2) is 0 Å². The van der Waals surface area contributed by atoms with Crippen LogP contribution in [0.25, 0.3) is 0 Å². The third-order valence-corrected chi connectivity index (χ3v) is 11.4. The van der Waals surface area contributed by atoms with E-state index in [9.17, 15) is 18.3 Å². The highest BCUT2D eigenvalue weighted by atomic mass is 35.5. The van der Waals surface area contributed by atoms with Crippen LogP contribution in [0.3, 0.4) is 0 Å². The normalized spacial score (nSPS) is 25.3. The minimum atomic E-state index is -4.04. The molecule has 2 aromatic rings. The second kappa shape index (κ2) is 11.5. The van der Waals surface area contributed by atoms with Gasteiger partial charge < -0.3 is 5.11 Å². The molecule has 2 aromatic carbocycles. The van der Waals surface area contributed by atoms with Gasteiger partial charge in [0, 0.05) is 17.0 Å². The molecule has 0 aromatic heterocycles. The lowest BCUT2D eigenvalue weighted by atomic mass is 9.91. The van der Waals surface area contributed by atoms with Crippen LogP contribution in [0.2, 0.25) is 10.0 Å². The minimum Gasteiger partial charge on any atom is -0.481 e. The van der Waals surface area contributed by atoms with Crippen LogP contribution in [0, 0.1) is 18.8 Å². The van der Waals surface area contributed by atoms with E-state index in [2.05, 4.69) is 6.58 Å². The number of rotatable bonds is 9. The summed E-state index contributed by atoms with van der Waals surface area (Å²) >= 11 is 14.0. The Hall–Kier alpha value is -1.51. The van der Waals surface area contributed by atoms with Crippen molar-refractivity contribution in [2.75, 3.05) is 5.75 Å². The number of sulfonamides is 1. The average molecular weight is 569 g/mol. The van der Waals surface area contributed by atoms with Crippen molar-refractivity contribution in [1.82, 2.24) is 4.31 Å². The summed E-state index contributed by atoms with van der Waals surface area (Å²) in [6.45, 7) is 5.71. The minimum absolute atomic E-state index is 0.160. The molecular weight excluding hydrogens is 537 g/mol. The maximum atomic E-state index is 14.3. The molecular formula is C27H31Cl2NO4S2. The summed E-state index contributed by atoms with van der Waals surface area (Å²) in [5.74, 6) is -1.09. The number of carbonyl (C=O) groups is 1. The van der Waals surface area contributed by atoms with Gasteiger partial charge in [0.25, 0.3) is 0 Å². The zero-order chi connectivity index (χ0) is 26.0. The van der Waals surface area contributed by atoms with E-state index >= 15 is 0 Å². The quantitative estimate of drug-likeness (QED) is 0.330. The Kier molecular flexibility index (Phi) is 8.78. The van der Waals surface area contributed by atoms with Crippen LogP contribution in [0.4, 0.5) is 0 Å². The predicted molar refractivity (Wildman–Crippen MR) is 147 cm³/mol. The SMILES string of the molecule is C=CCS[C@@H]1C(CC2CCCC2)N(S(=O)(=O)c2ccc(C)cc2)C(c2ccc(Cl)c(Cl)c2)[C@@H]1C(=O)O. The summed E-state index contributed by atoms with van der Waals surface area (Å²) in [6.07, 6.45) is 6.66. The molecule has 2 unspecified atom stereocenters. The standard InChI is InChI=1S/C27H31Cl2NO4S2/c1-3-14-35-26-23(15-18-6-4-5-7-18)30(36(33,34)20-11-8-17(2)9-12-20)25(24(26)27(31)32)19-10-13-21(28)22(29)16-19/h3,8-13,16,18,23-26H,1,4-7,14-15H2,2H3,(H,31,32)/t23?,24-,25?,26+/m0/s1. The van der Waals surface area contributed by atoms with Gasteiger partial charge in [-0.05, 0) is 49.1 Å². The number of carboxylic acid groups (broad SMARTS) is 1. The topological polar surface area (TPSA) is 74.7 Å². The van der Waals surface area contributed by atoms with E-state index in [1.165, 1.54) is 16.1 Å². The molecule has 36 heavy (non-hydrogen) atoms. The lowest BCUT2D eigenvalue weighted by Gasteiger charge is -2.32. The highest BCUT2D eigenvalue weighted by Crippen LogP contribution is 2.52. The molecule has 0 bridgehead atoms. The Morgan fingerprint density at radius 3 is 2.39 bits per heavy atom. The van der Waals surface area contributed by atoms with E-state index in [4.69, 9.17) is 23.2 Å². The highest BCUT2D eigenvalue weighted by Gasteiger charge is 2.57. The van der Waals surface area contributed by atoms with Crippen LogP contribution in [-0.2, 0) is 14.8 Å². The molecule has 0 spiro atoms. The van der Waals surface area contributed by atoms with Crippen molar-refractivity contribution in [1.29, 1.82) is 0 Å². The van der Waals surface area contributed by atoms with Gasteiger partial charge in [-0.1, -0.05) is 78.7 Å². The Morgan fingerprint density at radius 1 is 1.14 bits per heavy atom. The number of aryl methyl sites for hydroxylation is 1. The largest absolute Gasteiger partial charge is 0.481 e. The number of thioether (sulfide) groups is 1. The molecule has 2 aliphatic rings. The van der Waals surface area contributed by atoms with Gasteiger partial charge in [0.05, 0.1) is 26.9 Å². The third-order valence-electron chi connectivity index (χ3n) is 7.30. The monoisotopic (exact) mass is 567 g/mol. The molecule has 1 aliphatic heterocycles. The summed E-state index contributed by atoms with van der Waals surface area (Å²) in [5, 5.41) is 10.6. The van der Waals surface area contributed by atoms with Crippen LogP contribution >= 0.6 is 35.0 Å². The van der Waals surface area contributed by atoms with Gasteiger partial charge in [-0.25, -0.2) is 8.42 Å². The summed E-state index contributed by atoms with van der Waals surface area (Å²) in [7, 11) is -4.04. The zero-order valence-electron chi connectivity index (χ0n) is 20.1. The Labute approximate surface area is 227 Å². The number of halogens is 2. The van der Waals surface area contributed by atoms with Gasteiger partial charge >= 0.3 is 5.97 Å². The first-order chi connectivity index (χ1) is 17.1. The van der Waals surface area contributed by atoms with Crippen LogP contribution in [0.1, 0.15) is 49.3 Å². The average Bonchev–Trinajstić information content (AvgIpc) is 3.46. The lowest BCUT2D eigenvalue weighted by Crippen LogP contribution is -2.41. The predicted octanol–water partition coefficient (Wildman–Crippen LogP) is 6.98. The smallest absolute Gasteiger partial charge is 0.309 e. The number of hydrogen-bond acceptors (Lipinski definition) is 4. The van der Waals surface area contributed by atoms with E-state index in [1.54, 1.807) is 48.5 Å². The van der Waals surface area contributed by atoms with Crippen molar-refractivity contribution in [2.45, 2.75) is 61.3 Å². The molecule has 4 atom stereocenters. The number of carboxylic acids is 1. The van der Waals surface area contributed by atoms with Crippen LogP contribution in [0.5, 0.6) is 0 Å². The van der Waals surface area contributed by atoms with Crippen molar-refractivity contribution in [3.63, 3.8) is 0 Å². The van der Waals surface area contributed by atoms with Crippen molar-refractivity contribution < 1.29 is 18.3 Å². The summed E-state index contributed by atoms with van der Waals surface area (Å²) in [6, 6.07) is 10.2. The molecule has 5 nitrogen and oxygen atoms in total. The molecule has 0 radical (unpaired) electrons. The van der Waals surface area contributed by atoms with Crippen molar-refractivity contribution in [2.24, 2.45) is 11.8 Å². The third kappa shape index (κ3) is 5.51. The molecule has 1 saturated heterocycles.